The Labute approximate surface area is 84.7 Å². The van der Waals surface area contributed by atoms with Crippen LogP contribution in [0.3, 0.4) is 0 Å². The maximum Gasteiger partial charge on any atom is 0.0991 e. The molecule has 0 aliphatic heterocycles. The van der Waals surface area contributed by atoms with Crippen molar-refractivity contribution >= 4 is 6.08 Å². The summed E-state index contributed by atoms with van der Waals surface area (Å²) in [5.74, 6) is 0. The quantitative estimate of drug-likeness (QED) is 0.787. The third-order valence-electron chi connectivity index (χ3n) is 2.03. The van der Waals surface area contributed by atoms with Gasteiger partial charge in [0.25, 0.3) is 0 Å². The average molecular weight is 186 g/mol. The normalized spacial score (nSPS) is 10.4. The molecule has 0 bridgehead atoms. The van der Waals surface area contributed by atoms with Gasteiger partial charge in [-0.1, -0.05) is 18.2 Å². The van der Waals surface area contributed by atoms with Crippen LogP contribution in [0.2, 0.25) is 0 Å². The second-order valence-electron chi connectivity index (χ2n) is 3.16. The Morgan fingerprint density at radius 3 is 2.86 bits per heavy atom. The highest BCUT2D eigenvalue weighted by Gasteiger charge is 1.95. The highest BCUT2D eigenvalue weighted by atomic mass is 14.5. The maximum absolute atomic E-state index is 8.68. The summed E-state index contributed by atoms with van der Waals surface area (Å²) < 4.78 is 0. The van der Waals surface area contributed by atoms with Crippen LogP contribution in [0.15, 0.2) is 24.3 Å². The van der Waals surface area contributed by atoms with E-state index >= 15 is 0 Å². The zero-order valence-corrected chi connectivity index (χ0v) is 8.33. The topological polar surface area (TPSA) is 49.8 Å². The van der Waals surface area contributed by atoms with Crippen LogP contribution >= 0.6 is 0 Å². The summed E-state index contributed by atoms with van der Waals surface area (Å²) in [5, 5.41) is 8.68. The summed E-state index contributed by atoms with van der Waals surface area (Å²) in [6.45, 7) is 2.68. The maximum atomic E-state index is 8.68. The monoisotopic (exact) mass is 186 g/mol. The highest BCUT2D eigenvalue weighted by Crippen LogP contribution is 2.12. The molecule has 1 rings (SSSR count). The Morgan fingerprint density at radius 2 is 2.29 bits per heavy atom. The minimum atomic E-state index is 0.672. The Balaban J connectivity index is 2.85. The van der Waals surface area contributed by atoms with E-state index in [4.69, 9.17) is 11.0 Å². The summed E-state index contributed by atoms with van der Waals surface area (Å²) in [6, 6.07) is 7.80. The van der Waals surface area contributed by atoms with Gasteiger partial charge in [-0.25, -0.2) is 0 Å². The second-order valence-corrected chi connectivity index (χ2v) is 3.16. The molecule has 1 aromatic carbocycles. The van der Waals surface area contributed by atoms with Gasteiger partial charge in [-0.05, 0) is 43.1 Å². The molecule has 0 atom stereocenters. The summed E-state index contributed by atoms with van der Waals surface area (Å²) in [5.41, 5.74) is 8.36. The van der Waals surface area contributed by atoms with Crippen molar-refractivity contribution in [2.75, 3.05) is 6.54 Å². The van der Waals surface area contributed by atoms with Gasteiger partial charge in [0.2, 0.25) is 0 Å². The molecule has 14 heavy (non-hydrogen) atoms. The summed E-state index contributed by atoms with van der Waals surface area (Å²) in [7, 11) is 0. The summed E-state index contributed by atoms with van der Waals surface area (Å²) in [6.07, 6.45) is 4.98. The van der Waals surface area contributed by atoms with E-state index in [1.54, 1.807) is 0 Å². The third-order valence-corrected chi connectivity index (χ3v) is 2.03. The first-order valence-corrected chi connectivity index (χ1v) is 4.65. The molecule has 0 spiro atoms. The van der Waals surface area contributed by atoms with Gasteiger partial charge in [-0.15, -0.1) is 0 Å². The Bertz CT molecular complexity index is 372. The number of nitriles is 1. The van der Waals surface area contributed by atoms with Crippen LogP contribution in [0.25, 0.3) is 6.08 Å². The largest absolute Gasteiger partial charge is 0.330 e. The molecule has 0 amide bonds. The van der Waals surface area contributed by atoms with Crippen molar-refractivity contribution in [1.29, 1.82) is 5.26 Å². The second kappa shape index (κ2) is 5.21. The average Bonchev–Trinajstić information content (AvgIpc) is 2.20. The Hall–Kier alpha value is -1.59. The van der Waals surface area contributed by atoms with Crippen LogP contribution in [-0.4, -0.2) is 6.54 Å². The molecular weight excluding hydrogens is 172 g/mol. The predicted octanol–water partition coefficient (Wildman–Crippen LogP) is 2.23. The first kappa shape index (κ1) is 10.5. The van der Waals surface area contributed by atoms with Crippen LogP contribution in [-0.2, 0) is 0 Å². The van der Waals surface area contributed by atoms with Crippen LogP contribution in [0, 0.1) is 18.3 Å². The number of nitrogens with two attached hydrogens (primary N) is 1. The van der Waals surface area contributed by atoms with Gasteiger partial charge in [0.05, 0.1) is 11.6 Å². The molecule has 72 valence electrons. The molecule has 0 aliphatic carbocycles. The molecule has 2 heteroatoms. The standard InChI is InChI=1S/C12H14N2/c1-10-8-11(9-14)5-6-12(10)4-2-3-7-13/h2,4-6,8H,3,7,13H2,1H3. The van der Waals surface area contributed by atoms with Gasteiger partial charge in [-0.3, -0.25) is 0 Å². The van der Waals surface area contributed by atoms with E-state index < -0.39 is 0 Å². The van der Waals surface area contributed by atoms with Crippen LogP contribution < -0.4 is 5.73 Å². The van der Waals surface area contributed by atoms with Gasteiger partial charge in [0.15, 0.2) is 0 Å². The Kier molecular flexibility index (Phi) is 3.90. The van der Waals surface area contributed by atoms with Gasteiger partial charge in [-0.2, -0.15) is 5.26 Å². The number of benzene rings is 1. The van der Waals surface area contributed by atoms with E-state index in [0.717, 1.165) is 17.5 Å². The Morgan fingerprint density at radius 1 is 1.50 bits per heavy atom. The molecule has 0 fully saturated rings. The molecule has 2 nitrogen and oxygen atoms in total. The van der Waals surface area contributed by atoms with Crippen molar-refractivity contribution in [3.8, 4) is 6.07 Å². The van der Waals surface area contributed by atoms with Gasteiger partial charge in [0.1, 0.15) is 0 Å². The van der Waals surface area contributed by atoms with Crippen molar-refractivity contribution < 1.29 is 0 Å². The summed E-state index contributed by atoms with van der Waals surface area (Å²) in [4.78, 5) is 0. The lowest BCUT2D eigenvalue weighted by atomic mass is 10.1. The fourth-order valence-electron chi connectivity index (χ4n) is 1.24. The predicted molar refractivity (Wildman–Crippen MR) is 58.6 cm³/mol. The zero-order chi connectivity index (χ0) is 10.4. The molecular formula is C12H14N2. The summed E-state index contributed by atoms with van der Waals surface area (Å²) >= 11 is 0. The fourth-order valence-corrected chi connectivity index (χ4v) is 1.24. The minimum absolute atomic E-state index is 0.672. The minimum Gasteiger partial charge on any atom is -0.330 e. The molecule has 0 saturated carbocycles. The molecule has 2 N–H and O–H groups in total. The zero-order valence-electron chi connectivity index (χ0n) is 8.33. The van der Waals surface area contributed by atoms with E-state index in [-0.39, 0.29) is 0 Å². The molecule has 0 saturated heterocycles. The van der Waals surface area contributed by atoms with E-state index in [1.165, 1.54) is 0 Å². The van der Waals surface area contributed by atoms with Gasteiger partial charge in [0, 0.05) is 0 Å². The molecule has 1 aromatic rings. The van der Waals surface area contributed by atoms with Crippen molar-refractivity contribution in [2.24, 2.45) is 5.73 Å². The number of nitrogens with zero attached hydrogens (tertiary/aromatic N) is 1. The number of aryl methyl sites for hydroxylation is 1. The van der Waals surface area contributed by atoms with Gasteiger partial charge < -0.3 is 5.73 Å². The van der Waals surface area contributed by atoms with E-state index in [1.807, 2.05) is 37.3 Å². The van der Waals surface area contributed by atoms with Crippen molar-refractivity contribution in [2.45, 2.75) is 13.3 Å². The lowest BCUT2D eigenvalue weighted by Crippen LogP contribution is -1.95. The van der Waals surface area contributed by atoms with Crippen molar-refractivity contribution in [1.82, 2.24) is 0 Å². The first-order chi connectivity index (χ1) is 6.77. The van der Waals surface area contributed by atoms with E-state index in [9.17, 15) is 0 Å². The van der Waals surface area contributed by atoms with Crippen molar-refractivity contribution in [3.63, 3.8) is 0 Å². The number of rotatable bonds is 3. The van der Waals surface area contributed by atoms with Crippen molar-refractivity contribution in [3.05, 3.63) is 41.0 Å². The number of hydrogen-bond donors (Lipinski definition) is 1. The van der Waals surface area contributed by atoms with Gasteiger partial charge >= 0.3 is 0 Å². The molecule has 0 unspecified atom stereocenters. The molecule has 0 aromatic heterocycles. The smallest absolute Gasteiger partial charge is 0.0991 e. The lowest BCUT2D eigenvalue weighted by molar-refractivity contribution is 1.01. The third kappa shape index (κ3) is 2.72. The van der Waals surface area contributed by atoms with E-state index in [2.05, 4.69) is 6.07 Å². The lowest BCUT2D eigenvalue weighted by Gasteiger charge is -1.99. The van der Waals surface area contributed by atoms with Crippen LogP contribution in [0.5, 0.6) is 0 Å². The fraction of sp³-hybridized carbons (Fsp3) is 0.250. The van der Waals surface area contributed by atoms with Crippen LogP contribution in [0.4, 0.5) is 0 Å². The molecule has 0 aliphatic rings. The van der Waals surface area contributed by atoms with E-state index in [0.29, 0.717) is 12.1 Å². The first-order valence-electron chi connectivity index (χ1n) is 4.65. The number of hydrogen-bond acceptors (Lipinski definition) is 2. The molecule has 0 radical (unpaired) electrons. The van der Waals surface area contributed by atoms with Crippen LogP contribution in [0.1, 0.15) is 23.1 Å². The molecule has 0 heterocycles. The SMILES string of the molecule is Cc1cc(C#N)ccc1C=CCCN. The highest BCUT2D eigenvalue weighted by molar-refractivity contribution is 5.55.